The Balaban J connectivity index is 1.52. The maximum atomic E-state index is 5.46. The van der Waals surface area contributed by atoms with Crippen LogP contribution in [0.25, 0.3) is 22.8 Å². The van der Waals surface area contributed by atoms with Crippen molar-refractivity contribution in [1.29, 1.82) is 0 Å². The van der Waals surface area contributed by atoms with Crippen molar-refractivity contribution in [3.63, 3.8) is 0 Å². The molecule has 4 aromatic rings. The average Bonchev–Trinajstić information content (AvgIpc) is 3.45. The summed E-state index contributed by atoms with van der Waals surface area (Å²) in [4.78, 5) is 4.52. The monoisotopic (exact) mass is 437 g/mol. The van der Waals surface area contributed by atoms with Crippen molar-refractivity contribution in [3.8, 4) is 34.3 Å². The summed E-state index contributed by atoms with van der Waals surface area (Å²) >= 11 is 1.52. The van der Waals surface area contributed by atoms with Crippen LogP contribution in [0.4, 0.5) is 0 Å². The van der Waals surface area contributed by atoms with Gasteiger partial charge in [0, 0.05) is 18.2 Å². The number of hydrogen-bond acceptors (Lipinski definition) is 8. The topological polar surface area (TPSA) is 88.1 Å². The highest BCUT2D eigenvalue weighted by Crippen LogP contribution is 2.32. The van der Waals surface area contributed by atoms with Crippen molar-refractivity contribution >= 4 is 11.8 Å². The molecule has 2 aromatic heterocycles. The van der Waals surface area contributed by atoms with Crippen molar-refractivity contribution < 1.29 is 14.0 Å². The van der Waals surface area contributed by atoms with E-state index in [1.807, 2.05) is 42.5 Å². The molecule has 0 saturated carbocycles. The van der Waals surface area contributed by atoms with E-state index in [1.54, 1.807) is 20.3 Å². The van der Waals surface area contributed by atoms with Gasteiger partial charge in [0.2, 0.25) is 11.7 Å². The Bertz CT molecular complexity index is 1140. The molecule has 0 atom stereocenters. The largest absolute Gasteiger partial charge is 0.497 e. The fraction of sp³-hybridized carbons (Fsp3) is 0.273. The van der Waals surface area contributed by atoms with Crippen molar-refractivity contribution in [1.82, 2.24) is 24.9 Å². The second kappa shape index (κ2) is 9.65. The van der Waals surface area contributed by atoms with E-state index in [2.05, 4.69) is 31.8 Å². The number of hydrogen-bond donors (Lipinski definition) is 0. The molecule has 0 spiro atoms. The van der Waals surface area contributed by atoms with Crippen LogP contribution in [0.3, 0.4) is 0 Å². The lowest BCUT2D eigenvalue weighted by atomic mass is 10.2. The van der Waals surface area contributed by atoms with Gasteiger partial charge in [-0.3, -0.25) is 0 Å². The van der Waals surface area contributed by atoms with Crippen LogP contribution in [-0.2, 0) is 12.3 Å². The van der Waals surface area contributed by atoms with Gasteiger partial charge < -0.3 is 18.6 Å². The third kappa shape index (κ3) is 4.56. The van der Waals surface area contributed by atoms with Crippen molar-refractivity contribution in [3.05, 3.63) is 54.4 Å². The van der Waals surface area contributed by atoms with E-state index < -0.39 is 0 Å². The van der Waals surface area contributed by atoms with E-state index in [0.29, 0.717) is 29.0 Å². The molecule has 0 aliphatic carbocycles. The molecule has 31 heavy (non-hydrogen) atoms. The summed E-state index contributed by atoms with van der Waals surface area (Å²) in [6, 6.07) is 15.5. The molecule has 0 bridgehead atoms. The Morgan fingerprint density at radius 3 is 2.61 bits per heavy atom. The predicted octanol–water partition coefficient (Wildman–Crippen LogP) is 4.71. The second-order valence-corrected chi connectivity index (χ2v) is 7.63. The molecule has 0 radical (unpaired) electrons. The lowest BCUT2D eigenvalue weighted by Crippen LogP contribution is -2.02. The Kier molecular flexibility index (Phi) is 6.51. The van der Waals surface area contributed by atoms with Gasteiger partial charge in [0.1, 0.15) is 11.5 Å². The van der Waals surface area contributed by atoms with E-state index in [1.165, 1.54) is 11.8 Å². The van der Waals surface area contributed by atoms with Gasteiger partial charge in [-0.25, -0.2) is 0 Å². The molecule has 0 saturated heterocycles. The van der Waals surface area contributed by atoms with Crippen LogP contribution in [0.1, 0.15) is 19.2 Å². The lowest BCUT2D eigenvalue weighted by molar-refractivity contribution is 0.388. The highest BCUT2D eigenvalue weighted by atomic mass is 32.2. The van der Waals surface area contributed by atoms with Crippen molar-refractivity contribution in [2.75, 3.05) is 14.2 Å². The number of aromatic nitrogens is 5. The van der Waals surface area contributed by atoms with Crippen LogP contribution in [0.15, 0.2) is 58.2 Å². The minimum atomic E-state index is 0.468. The number of thioether (sulfide) groups is 1. The molecular formula is C22H23N5O3S. The van der Waals surface area contributed by atoms with E-state index in [0.717, 1.165) is 35.1 Å². The van der Waals surface area contributed by atoms with E-state index in [4.69, 9.17) is 14.0 Å². The first-order valence-electron chi connectivity index (χ1n) is 9.90. The van der Waals surface area contributed by atoms with Gasteiger partial charge in [-0.15, -0.1) is 10.2 Å². The summed E-state index contributed by atoms with van der Waals surface area (Å²) in [7, 11) is 3.21. The zero-order chi connectivity index (χ0) is 21.6. The summed E-state index contributed by atoms with van der Waals surface area (Å²) in [5, 5.41) is 13.7. The first-order valence-corrected chi connectivity index (χ1v) is 10.9. The fourth-order valence-corrected chi connectivity index (χ4v) is 3.96. The normalized spacial score (nSPS) is 10.9. The van der Waals surface area contributed by atoms with Crippen LogP contribution < -0.4 is 9.47 Å². The molecule has 0 aliphatic rings. The maximum Gasteiger partial charge on any atom is 0.237 e. The molecule has 0 unspecified atom stereocenters. The predicted molar refractivity (Wildman–Crippen MR) is 118 cm³/mol. The van der Waals surface area contributed by atoms with Crippen LogP contribution >= 0.6 is 11.8 Å². The van der Waals surface area contributed by atoms with E-state index >= 15 is 0 Å². The summed E-state index contributed by atoms with van der Waals surface area (Å²) < 4.78 is 18.3. The zero-order valence-corrected chi connectivity index (χ0v) is 18.4. The number of rotatable bonds is 9. The Labute approximate surface area is 184 Å². The highest BCUT2D eigenvalue weighted by molar-refractivity contribution is 7.98. The SMILES string of the molecule is CCCn1c(SCc2nc(-c3ccc(OC)cc3OC)no2)nnc1-c1ccccc1. The molecule has 0 fully saturated rings. The fourth-order valence-electron chi connectivity index (χ4n) is 3.15. The maximum absolute atomic E-state index is 5.46. The Morgan fingerprint density at radius 2 is 1.87 bits per heavy atom. The van der Waals surface area contributed by atoms with E-state index in [9.17, 15) is 0 Å². The lowest BCUT2D eigenvalue weighted by Gasteiger charge is -2.08. The molecule has 2 aromatic carbocycles. The average molecular weight is 438 g/mol. The standard InChI is InChI=1S/C22H23N5O3S/c1-4-12-27-21(15-8-6-5-7-9-15)24-25-22(27)31-14-19-23-20(26-30-19)17-11-10-16(28-2)13-18(17)29-3/h5-11,13H,4,12,14H2,1-3H3. The Hall–Kier alpha value is -3.33. The molecule has 4 rings (SSSR count). The van der Waals surface area contributed by atoms with Gasteiger partial charge in [-0.1, -0.05) is 54.2 Å². The van der Waals surface area contributed by atoms with Gasteiger partial charge in [0.25, 0.3) is 0 Å². The smallest absolute Gasteiger partial charge is 0.237 e. The summed E-state index contributed by atoms with van der Waals surface area (Å²) in [6.07, 6.45) is 0.980. The third-order valence-corrected chi connectivity index (χ3v) is 5.59. The zero-order valence-electron chi connectivity index (χ0n) is 17.6. The van der Waals surface area contributed by atoms with Gasteiger partial charge in [-0.05, 0) is 18.6 Å². The van der Waals surface area contributed by atoms with Crippen LogP contribution in [0, 0.1) is 0 Å². The number of benzene rings is 2. The Morgan fingerprint density at radius 1 is 1.03 bits per heavy atom. The summed E-state index contributed by atoms with van der Waals surface area (Å²) in [6.45, 7) is 2.97. The molecule has 160 valence electrons. The number of ether oxygens (including phenoxy) is 2. The van der Waals surface area contributed by atoms with Crippen LogP contribution in [0.5, 0.6) is 11.5 Å². The summed E-state index contributed by atoms with van der Waals surface area (Å²) in [5.74, 6) is 3.64. The van der Waals surface area contributed by atoms with E-state index in [-0.39, 0.29) is 0 Å². The second-order valence-electron chi connectivity index (χ2n) is 6.69. The van der Waals surface area contributed by atoms with Gasteiger partial charge in [0.15, 0.2) is 11.0 Å². The minimum Gasteiger partial charge on any atom is -0.497 e. The molecule has 8 nitrogen and oxygen atoms in total. The first kappa shape index (κ1) is 20.9. The molecule has 0 N–H and O–H groups in total. The molecular weight excluding hydrogens is 414 g/mol. The van der Waals surface area contributed by atoms with Gasteiger partial charge >= 0.3 is 0 Å². The number of nitrogens with zero attached hydrogens (tertiary/aromatic N) is 5. The quantitative estimate of drug-likeness (QED) is 0.348. The summed E-state index contributed by atoms with van der Waals surface area (Å²) in [5.41, 5.74) is 1.78. The molecule has 2 heterocycles. The number of methoxy groups -OCH3 is 2. The minimum absolute atomic E-state index is 0.468. The first-order chi connectivity index (χ1) is 15.2. The van der Waals surface area contributed by atoms with Gasteiger partial charge in [0.05, 0.1) is 25.5 Å². The highest BCUT2D eigenvalue weighted by Gasteiger charge is 2.17. The van der Waals surface area contributed by atoms with Crippen LogP contribution in [-0.4, -0.2) is 39.1 Å². The molecule has 0 aliphatic heterocycles. The molecule has 9 heteroatoms. The van der Waals surface area contributed by atoms with Crippen molar-refractivity contribution in [2.24, 2.45) is 0 Å². The van der Waals surface area contributed by atoms with Crippen molar-refractivity contribution in [2.45, 2.75) is 30.8 Å². The van der Waals surface area contributed by atoms with Gasteiger partial charge in [-0.2, -0.15) is 4.98 Å². The molecule has 0 amide bonds. The van der Waals surface area contributed by atoms with Crippen LogP contribution in [0.2, 0.25) is 0 Å². The third-order valence-electron chi connectivity index (χ3n) is 4.64.